The molecule has 0 aliphatic heterocycles. The second-order valence-electron chi connectivity index (χ2n) is 7.98. The van der Waals surface area contributed by atoms with E-state index >= 15 is 0 Å². The highest BCUT2D eigenvalue weighted by molar-refractivity contribution is 5.24. The van der Waals surface area contributed by atoms with E-state index in [9.17, 15) is 15.3 Å². The molecule has 2 aliphatic carbocycles. The summed E-state index contributed by atoms with van der Waals surface area (Å²) in [7, 11) is 0. The molecule has 0 saturated heterocycles. The molecular formula is C20H34O4. The average molecular weight is 338 g/mol. The molecule has 2 rings (SSSR count). The van der Waals surface area contributed by atoms with E-state index in [0.717, 1.165) is 49.7 Å². The molecule has 0 aromatic carbocycles. The molecule has 0 aromatic heterocycles. The summed E-state index contributed by atoms with van der Waals surface area (Å²) in [6, 6.07) is 0. The summed E-state index contributed by atoms with van der Waals surface area (Å²) in [5.41, 5.74) is 1.68. The van der Waals surface area contributed by atoms with Crippen LogP contribution in [0.4, 0.5) is 0 Å². The van der Waals surface area contributed by atoms with Crippen LogP contribution in [0.25, 0.3) is 0 Å². The van der Waals surface area contributed by atoms with Gasteiger partial charge in [0.15, 0.2) is 0 Å². The third-order valence-electron chi connectivity index (χ3n) is 7.12. The number of fused-ring (bicyclic) bond motifs is 1. The second-order valence-corrected chi connectivity index (χ2v) is 7.98. The summed E-state index contributed by atoms with van der Waals surface area (Å²) >= 11 is 0. The van der Waals surface area contributed by atoms with E-state index in [-0.39, 0.29) is 37.3 Å². The van der Waals surface area contributed by atoms with Gasteiger partial charge in [-0.2, -0.15) is 0 Å². The van der Waals surface area contributed by atoms with Crippen LogP contribution < -0.4 is 0 Å². The summed E-state index contributed by atoms with van der Waals surface area (Å²) < 4.78 is 0. The lowest BCUT2D eigenvalue weighted by molar-refractivity contribution is -0.0828. The Bertz CT molecular complexity index is 484. The van der Waals surface area contributed by atoms with Gasteiger partial charge < -0.3 is 20.4 Å². The highest BCUT2D eigenvalue weighted by atomic mass is 16.3. The molecular weight excluding hydrogens is 304 g/mol. The van der Waals surface area contributed by atoms with Crippen molar-refractivity contribution in [3.63, 3.8) is 0 Å². The van der Waals surface area contributed by atoms with Crippen LogP contribution in [0, 0.1) is 22.7 Å². The first-order chi connectivity index (χ1) is 11.5. The van der Waals surface area contributed by atoms with Gasteiger partial charge in [0, 0.05) is 5.41 Å². The van der Waals surface area contributed by atoms with Crippen molar-refractivity contribution in [3.05, 3.63) is 23.3 Å². The Labute approximate surface area is 145 Å². The largest absolute Gasteiger partial charge is 0.395 e. The Morgan fingerprint density at radius 1 is 1.25 bits per heavy atom. The molecule has 0 bridgehead atoms. The molecule has 4 unspecified atom stereocenters. The molecule has 0 aromatic rings. The Kier molecular flexibility index (Phi) is 6.66. The van der Waals surface area contributed by atoms with Crippen molar-refractivity contribution in [1.29, 1.82) is 0 Å². The molecule has 1 saturated carbocycles. The molecule has 2 aliphatic rings. The Hall–Kier alpha value is -0.680. The lowest BCUT2D eigenvalue weighted by Crippen LogP contribution is -2.53. The first-order valence-corrected chi connectivity index (χ1v) is 9.29. The minimum atomic E-state index is -0.283. The fourth-order valence-electron chi connectivity index (χ4n) is 5.31. The van der Waals surface area contributed by atoms with Crippen molar-refractivity contribution in [2.24, 2.45) is 22.7 Å². The van der Waals surface area contributed by atoms with Crippen molar-refractivity contribution >= 4 is 0 Å². The molecule has 1 fully saturated rings. The fraction of sp³-hybridized carbons (Fsp3) is 0.800. The molecule has 0 radical (unpaired) electrons. The quantitative estimate of drug-likeness (QED) is 0.538. The van der Waals surface area contributed by atoms with Gasteiger partial charge in [-0.15, -0.1) is 0 Å². The summed E-state index contributed by atoms with van der Waals surface area (Å²) in [6.45, 7) is 4.71. The Morgan fingerprint density at radius 2 is 2.00 bits per heavy atom. The average Bonchev–Trinajstić information content (AvgIpc) is 2.61. The zero-order valence-corrected chi connectivity index (χ0v) is 15.2. The van der Waals surface area contributed by atoms with Gasteiger partial charge in [-0.3, -0.25) is 0 Å². The van der Waals surface area contributed by atoms with Crippen molar-refractivity contribution in [1.82, 2.24) is 0 Å². The van der Waals surface area contributed by atoms with Crippen LogP contribution >= 0.6 is 0 Å². The van der Waals surface area contributed by atoms with Crippen molar-refractivity contribution < 1.29 is 20.4 Å². The van der Waals surface area contributed by atoms with Crippen molar-refractivity contribution in [3.8, 4) is 0 Å². The molecule has 4 N–H and O–H groups in total. The van der Waals surface area contributed by atoms with E-state index in [4.69, 9.17) is 5.11 Å². The van der Waals surface area contributed by atoms with Crippen LogP contribution in [-0.4, -0.2) is 46.9 Å². The van der Waals surface area contributed by atoms with E-state index in [1.165, 1.54) is 0 Å². The van der Waals surface area contributed by atoms with E-state index in [0.29, 0.717) is 11.8 Å². The van der Waals surface area contributed by atoms with Gasteiger partial charge in [-0.05, 0) is 66.9 Å². The molecule has 4 nitrogen and oxygen atoms in total. The second kappa shape index (κ2) is 8.13. The monoisotopic (exact) mass is 338 g/mol. The number of hydrogen-bond acceptors (Lipinski definition) is 4. The van der Waals surface area contributed by atoms with Gasteiger partial charge in [0.2, 0.25) is 0 Å². The third-order valence-corrected chi connectivity index (χ3v) is 7.12. The molecule has 24 heavy (non-hydrogen) atoms. The summed E-state index contributed by atoms with van der Waals surface area (Å²) in [4.78, 5) is 0. The molecule has 4 heteroatoms. The predicted molar refractivity (Wildman–Crippen MR) is 95.4 cm³/mol. The maximum absolute atomic E-state index is 10.3. The topological polar surface area (TPSA) is 80.9 Å². The number of aliphatic hydroxyl groups excluding tert-OH is 4. The number of rotatable bonds is 7. The van der Waals surface area contributed by atoms with Gasteiger partial charge >= 0.3 is 0 Å². The minimum Gasteiger partial charge on any atom is -0.395 e. The predicted octanol–water partition coefficient (Wildman–Crippen LogP) is 2.42. The van der Waals surface area contributed by atoms with Crippen LogP contribution in [0.3, 0.4) is 0 Å². The Balaban J connectivity index is 2.30. The summed E-state index contributed by atoms with van der Waals surface area (Å²) in [5, 5.41) is 38.7. The first kappa shape index (κ1) is 19.6. The number of hydrogen-bond donors (Lipinski definition) is 4. The third kappa shape index (κ3) is 3.34. The van der Waals surface area contributed by atoms with E-state index in [1.54, 1.807) is 6.08 Å². The fourth-order valence-corrected chi connectivity index (χ4v) is 5.31. The maximum Gasteiger partial charge on any atom is 0.0648 e. The summed E-state index contributed by atoms with van der Waals surface area (Å²) in [5.74, 6) is 0.884. The van der Waals surface area contributed by atoms with E-state index in [2.05, 4.69) is 19.9 Å². The van der Waals surface area contributed by atoms with Gasteiger partial charge in [0.1, 0.15) is 0 Å². The number of allylic oxidation sites excluding steroid dienone is 1. The SMILES string of the molecule is CC1CCC2(CO)C(CO)=CCCC2C1(C)CC/C(=C\CO)CO. The summed E-state index contributed by atoms with van der Waals surface area (Å²) in [6.07, 6.45) is 9.54. The minimum absolute atomic E-state index is 0.0113. The molecule has 4 atom stereocenters. The van der Waals surface area contributed by atoms with E-state index < -0.39 is 0 Å². The van der Waals surface area contributed by atoms with Gasteiger partial charge in [-0.25, -0.2) is 0 Å². The van der Waals surface area contributed by atoms with Crippen molar-refractivity contribution in [2.45, 2.75) is 52.4 Å². The Morgan fingerprint density at radius 3 is 2.58 bits per heavy atom. The smallest absolute Gasteiger partial charge is 0.0648 e. The standard InChI is InChI=1S/C20H34O4/c1-15-6-10-20(14-24)17(13-23)4-3-5-18(20)19(15,2)9-7-16(12-22)8-11-21/h4,8,15,18,21-24H,3,5-7,9-14H2,1-2H3/b16-8+. The highest BCUT2D eigenvalue weighted by Gasteiger charge is 2.55. The first-order valence-electron chi connectivity index (χ1n) is 9.29. The lowest BCUT2D eigenvalue weighted by Gasteiger charge is -2.59. The zero-order valence-electron chi connectivity index (χ0n) is 15.2. The maximum atomic E-state index is 10.3. The molecule has 0 amide bonds. The molecule has 138 valence electrons. The highest BCUT2D eigenvalue weighted by Crippen LogP contribution is 2.61. The normalized spacial score (nSPS) is 37.1. The lowest BCUT2D eigenvalue weighted by atomic mass is 9.46. The van der Waals surface area contributed by atoms with Crippen LogP contribution in [0.2, 0.25) is 0 Å². The van der Waals surface area contributed by atoms with Crippen LogP contribution in [0.5, 0.6) is 0 Å². The van der Waals surface area contributed by atoms with Crippen LogP contribution in [-0.2, 0) is 0 Å². The van der Waals surface area contributed by atoms with Crippen molar-refractivity contribution in [2.75, 3.05) is 26.4 Å². The van der Waals surface area contributed by atoms with Gasteiger partial charge in [-0.1, -0.05) is 26.0 Å². The zero-order chi connectivity index (χ0) is 17.8. The van der Waals surface area contributed by atoms with Crippen LogP contribution in [0.15, 0.2) is 23.3 Å². The molecule has 0 heterocycles. The molecule has 0 spiro atoms. The number of aliphatic hydroxyl groups is 4. The van der Waals surface area contributed by atoms with Gasteiger partial charge in [0.05, 0.1) is 26.4 Å². The van der Waals surface area contributed by atoms with Crippen LogP contribution in [0.1, 0.15) is 52.4 Å². The van der Waals surface area contributed by atoms with E-state index in [1.807, 2.05) is 0 Å². The van der Waals surface area contributed by atoms with Gasteiger partial charge in [0.25, 0.3) is 0 Å².